The highest BCUT2D eigenvalue weighted by molar-refractivity contribution is 5.89. The first-order valence-electron chi connectivity index (χ1n) is 7.76. The van der Waals surface area contributed by atoms with E-state index in [0.29, 0.717) is 10.9 Å². The fourth-order valence-corrected chi connectivity index (χ4v) is 2.47. The molecular formula is C17H13F3N4O3. The van der Waals surface area contributed by atoms with Gasteiger partial charge in [-0.15, -0.1) is 0 Å². The van der Waals surface area contributed by atoms with E-state index in [1.165, 1.54) is 30.3 Å². The van der Waals surface area contributed by atoms with E-state index in [-0.39, 0.29) is 23.6 Å². The molecule has 0 fully saturated rings. The molecule has 1 heterocycles. The molecule has 0 aliphatic heterocycles. The van der Waals surface area contributed by atoms with Gasteiger partial charge in [-0.2, -0.15) is 13.2 Å². The van der Waals surface area contributed by atoms with Crippen LogP contribution in [-0.4, -0.2) is 26.5 Å². The van der Waals surface area contributed by atoms with Gasteiger partial charge < -0.3 is 10.4 Å². The number of aliphatic hydroxyl groups excluding tert-OH is 1. The molecule has 27 heavy (non-hydrogen) atoms. The summed E-state index contributed by atoms with van der Waals surface area (Å²) in [6.45, 7) is -0.143. The van der Waals surface area contributed by atoms with E-state index >= 15 is 0 Å². The van der Waals surface area contributed by atoms with Gasteiger partial charge in [0.1, 0.15) is 5.82 Å². The van der Waals surface area contributed by atoms with Crippen LogP contribution in [0.15, 0.2) is 48.5 Å². The first-order chi connectivity index (χ1) is 12.8. The van der Waals surface area contributed by atoms with Gasteiger partial charge in [0.25, 0.3) is 5.69 Å². The predicted octanol–water partition coefficient (Wildman–Crippen LogP) is 3.70. The van der Waals surface area contributed by atoms with Gasteiger partial charge in [0, 0.05) is 24.1 Å². The van der Waals surface area contributed by atoms with Crippen LogP contribution in [0.25, 0.3) is 10.9 Å². The van der Waals surface area contributed by atoms with Gasteiger partial charge in [-0.05, 0) is 29.8 Å². The summed E-state index contributed by atoms with van der Waals surface area (Å²) >= 11 is 0. The van der Waals surface area contributed by atoms with Gasteiger partial charge in [0.2, 0.25) is 5.82 Å². The number of rotatable bonds is 5. The van der Waals surface area contributed by atoms with Gasteiger partial charge in [-0.25, -0.2) is 9.97 Å². The number of halogens is 3. The summed E-state index contributed by atoms with van der Waals surface area (Å²) in [5.74, 6) is -1.34. The number of non-ortho nitro benzene ring substituents is 1. The molecule has 0 radical (unpaired) electrons. The van der Waals surface area contributed by atoms with E-state index in [2.05, 4.69) is 15.3 Å². The molecule has 2 N–H and O–H groups in total. The van der Waals surface area contributed by atoms with Crippen molar-refractivity contribution in [3.63, 3.8) is 0 Å². The molecule has 7 nitrogen and oxygen atoms in total. The van der Waals surface area contributed by atoms with Gasteiger partial charge in [0.15, 0.2) is 0 Å². The molecule has 0 saturated carbocycles. The number of hydrogen-bond acceptors (Lipinski definition) is 6. The van der Waals surface area contributed by atoms with Gasteiger partial charge in [-0.1, -0.05) is 12.1 Å². The highest BCUT2D eigenvalue weighted by atomic mass is 19.4. The third kappa shape index (κ3) is 4.11. The Hall–Kier alpha value is -3.27. The summed E-state index contributed by atoms with van der Waals surface area (Å²) in [6.07, 6.45) is -5.81. The minimum absolute atomic E-state index is 0.0612. The van der Waals surface area contributed by atoms with Crippen molar-refractivity contribution in [1.29, 1.82) is 0 Å². The number of nitro groups is 1. The first-order valence-corrected chi connectivity index (χ1v) is 7.76. The zero-order chi connectivity index (χ0) is 19.6. The number of aliphatic hydroxyl groups is 1. The lowest BCUT2D eigenvalue weighted by Crippen LogP contribution is -2.17. The summed E-state index contributed by atoms with van der Waals surface area (Å²) in [5, 5.41) is 23.9. The van der Waals surface area contributed by atoms with Crippen molar-refractivity contribution < 1.29 is 23.2 Å². The maximum atomic E-state index is 13.0. The number of nitrogens with one attached hydrogen (secondary N) is 1. The van der Waals surface area contributed by atoms with E-state index in [1.807, 2.05) is 0 Å². The molecule has 0 amide bonds. The van der Waals surface area contributed by atoms with Crippen molar-refractivity contribution >= 4 is 22.4 Å². The van der Waals surface area contributed by atoms with Crippen molar-refractivity contribution in [2.45, 2.75) is 12.3 Å². The molecule has 1 atom stereocenters. The molecule has 3 rings (SSSR count). The highest BCUT2D eigenvalue weighted by Gasteiger charge is 2.35. The summed E-state index contributed by atoms with van der Waals surface area (Å²) in [5.41, 5.74) is 0.366. The quantitative estimate of drug-likeness (QED) is 0.519. The molecule has 0 saturated heterocycles. The van der Waals surface area contributed by atoms with E-state index in [4.69, 9.17) is 0 Å². The fourth-order valence-electron chi connectivity index (χ4n) is 2.47. The fraction of sp³-hybridized carbons (Fsp3) is 0.176. The molecule has 0 aliphatic rings. The van der Waals surface area contributed by atoms with E-state index in [0.717, 1.165) is 0 Å². The molecule has 1 unspecified atom stereocenters. The number of hydrogen-bond donors (Lipinski definition) is 2. The molecule has 0 bridgehead atoms. The van der Waals surface area contributed by atoms with Gasteiger partial charge >= 0.3 is 6.18 Å². The number of benzene rings is 2. The van der Waals surface area contributed by atoms with Gasteiger partial charge in [0.05, 0.1) is 16.5 Å². The predicted molar refractivity (Wildman–Crippen MR) is 91.1 cm³/mol. The van der Waals surface area contributed by atoms with Crippen LogP contribution < -0.4 is 5.32 Å². The number of aromatic nitrogens is 2. The molecule has 1 aromatic heterocycles. The Labute approximate surface area is 150 Å². The van der Waals surface area contributed by atoms with Crippen molar-refractivity contribution in [1.82, 2.24) is 9.97 Å². The Morgan fingerprint density at radius 2 is 1.78 bits per heavy atom. The topological polar surface area (TPSA) is 101 Å². The number of para-hydroxylation sites is 1. The van der Waals surface area contributed by atoms with Crippen molar-refractivity contribution in [3.05, 3.63) is 70.0 Å². The SMILES string of the molecule is O=[N+]([O-])c1ccc(C(O)CNc2nc(C(F)(F)F)nc3ccccc23)cc1. The molecule has 2 aromatic carbocycles. The van der Waals surface area contributed by atoms with Crippen molar-refractivity contribution in [3.8, 4) is 0 Å². The number of alkyl halides is 3. The minimum Gasteiger partial charge on any atom is -0.387 e. The largest absolute Gasteiger partial charge is 0.451 e. The lowest BCUT2D eigenvalue weighted by molar-refractivity contribution is -0.384. The van der Waals surface area contributed by atoms with Crippen LogP contribution in [0.2, 0.25) is 0 Å². The van der Waals surface area contributed by atoms with Crippen LogP contribution >= 0.6 is 0 Å². The second-order valence-electron chi connectivity index (χ2n) is 5.66. The van der Waals surface area contributed by atoms with Gasteiger partial charge in [-0.3, -0.25) is 10.1 Å². The Balaban J connectivity index is 1.84. The van der Waals surface area contributed by atoms with E-state index < -0.39 is 23.0 Å². The average Bonchev–Trinajstić information content (AvgIpc) is 2.65. The standard InChI is InChI=1S/C17H13F3N4O3/c18-17(19,20)16-22-13-4-2-1-3-12(13)15(23-16)21-9-14(25)10-5-7-11(8-6-10)24(26)27/h1-8,14,25H,9H2,(H,21,22,23). The molecule has 0 spiro atoms. The summed E-state index contributed by atoms with van der Waals surface area (Å²) in [6, 6.07) is 11.4. The Kier molecular flexibility index (Phi) is 4.91. The average molecular weight is 378 g/mol. The first kappa shape index (κ1) is 18.5. The van der Waals surface area contributed by atoms with Crippen LogP contribution in [0.1, 0.15) is 17.5 Å². The normalized spacial score (nSPS) is 12.7. The van der Waals surface area contributed by atoms with Crippen LogP contribution in [0.4, 0.5) is 24.7 Å². The second-order valence-corrected chi connectivity index (χ2v) is 5.66. The Bertz CT molecular complexity index is 977. The molecule has 3 aromatic rings. The van der Waals surface area contributed by atoms with Crippen molar-refractivity contribution in [2.75, 3.05) is 11.9 Å². The number of fused-ring (bicyclic) bond motifs is 1. The Morgan fingerprint density at radius 1 is 1.11 bits per heavy atom. The van der Waals surface area contributed by atoms with E-state index in [9.17, 15) is 28.4 Å². The Morgan fingerprint density at radius 3 is 2.41 bits per heavy atom. The van der Waals surface area contributed by atoms with E-state index in [1.54, 1.807) is 18.2 Å². The summed E-state index contributed by atoms with van der Waals surface area (Å²) in [7, 11) is 0. The van der Waals surface area contributed by atoms with Crippen LogP contribution in [0, 0.1) is 10.1 Å². The highest BCUT2D eigenvalue weighted by Crippen LogP contribution is 2.30. The lowest BCUT2D eigenvalue weighted by Gasteiger charge is -2.15. The summed E-state index contributed by atoms with van der Waals surface area (Å²) in [4.78, 5) is 17.1. The smallest absolute Gasteiger partial charge is 0.387 e. The summed E-state index contributed by atoms with van der Waals surface area (Å²) < 4.78 is 39.0. The van der Waals surface area contributed by atoms with Crippen LogP contribution in [0.5, 0.6) is 0 Å². The molecule has 0 aliphatic carbocycles. The second kappa shape index (κ2) is 7.16. The zero-order valence-electron chi connectivity index (χ0n) is 13.6. The van der Waals surface area contributed by atoms with Crippen LogP contribution in [0.3, 0.4) is 0 Å². The molecule has 140 valence electrons. The molecular weight excluding hydrogens is 365 g/mol. The van der Waals surface area contributed by atoms with Crippen LogP contribution in [-0.2, 0) is 6.18 Å². The monoisotopic (exact) mass is 378 g/mol. The third-order valence-corrected chi connectivity index (χ3v) is 3.81. The maximum absolute atomic E-state index is 13.0. The number of nitro benzene ring substituents is 1. The zero-order valence-corrected chi connectivity index (χ0v) is 13.6. The third-order valence-electron chi connectivity index (χ3n) is 3.81. The lowest BCUT2D eigenvalue weighted by atomic mass is 10.1. The molecule has 10 heteroatoms. The number of anilines is 1. The number of nitrogens with zero attached hydrogens (tertiary/aromatic N) is 3. The minimum atomic E-state index is -4.71. The maximum Gasteiger partial charge on any atom is 0.451 e. The van der Waals surface area contributed by atoms with Crippen molar-refractivity contribution in [2.24, 2.45) is 0 Å².